The number of rotatable bonds is 2. The van der Waals surface area contributed by atoms with Crippen molar-refractivity contribution >= 4 is 5.91 Å². The maximum atomic E-state index is 12.3. The number of aliphatic hydroxyl groups excluding tert-OH is 1. The third-order valence-electron chi connectivity index (χ3n) is 3.59. The van der Waals surface area contributed by atoms with Crippen LogP contribution in [0.5, 0.6) is 0 Å². The number of aliphatic hydroxyl groups is 1. The van der Waals surface area contributed by atoms with Crippen LogP contribution < -0.4 is 0 Å². The molecule has 18 heavy (non-hydrogen) atoms. The molecule has 0 spiro atoms. The summed E-state index contributed by atoms with van der Waals surface area (Å²) in [7, 11) is 0. The van der Waals surface area contributed by atoms with E-state index < -0.39 is 6.10 Å². The van der Waals surface area contributed by atoms with Gasteiger partial charge in [0.25, 0.3) is 0 Å². The first-order valence-corrected chi connectivity index (χ1v) is 6.36. The van der Waals surface area contributed by atoms with Gasteiger partial charge in [-0.05, 0) is 38.3 Å². The predicted molar refractivity (Wildman–Crippen MR) is 69.0 cm³/mol. The average Bonchev–Trinajstić information content (AvgIpc) is 2.33. The fourth-order valence-electron chi connectivity index (χ4n) is 2.42. The summed E-state index contributed by atoms with van der Waals surface area (Å²) in [6.07, 6.45) is 4.98. The number of piperidine rings is 1. The highest BCUT2D eigenvalue weighted by Crippen LogP contribution is 2.28. The molecule has 0 aromatic carbocycles. The fraction of sp³-hybridized carbons (Fsp3) is 0.571. The minimum atomic E-state index is -0.393. The van der Waals surface area contributed by atoms with E-state index in [-0.39, 0.29) is 11.4 Å². The van der Waals surface area contributed by atoms with Gasteiger partial charge < -0.3 is 10.0 Å². The lowest BCUT2D eigenvalue weighted by molar-refractivity contribution is -0.141. The van der Waals surface area contributed by atoms with E-state index in [0.717, 1.165) is 18.4 Å². The molecule has 4 heteroatoms. The molecule has 1 atom stereocenters. The van der Waals surface area contributed by atoms with Crippen LogP contribution in [0.3, 0.4) is 0 Å². The number of carbonyl (C=O) groups is 1. The Morgan fingerprint density at radius 2 is 2.39 bits per heavy atom. The summed E-state index contributed by atoms with van der Waals surface area (Å²) in [5.41, 5.74) is 0.747. The van der Waals surface area contributed by atoms with Gasteiger partial charge >= 0.3 is 0 Å². The summed E-state index contributed by atoms with van der Waals surface area (Å²) in [6, 6.07) is 3.73. The maximum Gasteiger partial charge on any atom is 0.227 e. The molecule has 1 N–H and O–H groups in total. The molecule has 0 aliphatic carbocycles. The van der Waals surface area contributed by atoms with E-state index in [2.05, 4.69) is 18.8 Å². The van der Waals surface area contributed by atoms with Gasteiger partial charge in [0.1, 0.15) is 0 Å². The molecule has 0 radical (unpaired) electrons. The van der Waals surface area contributed by atoms with E-state index in [4.69, 9.17) is 0 Å². The summed E-state index contributed by atoms with van der Waals surface area (Å²) in [5.74, 6) is 0.0618. The van der Waals surface area contributed by atoms with Crippen molar-refractivity contribution in [2.75, 3.05) is 6.54 Å². The zero-order valence-electron chi connectivity index (χ0n) is 11.0. The predicted octanol–water partition coefficient (Wildman–Crippen LogP) is 1.39. The topological polar surface area (TPSA) is 53.4 Å². The number of nitrogens with zero attached hydrogens (tertiary/aromatic N) is 2. The number of carbonyl (C=O) groups excluding carboxylic acids is 1. The summed E-state index contributed by atoms with van der Waals surface area (Å²) >= 11 is 0. The highest BCUT2D eigenvalue weighted by Gasteiger charge is 2.36. The zero-order chi connectivity index (χ0) is 13.2. The molecule has 0 bridgehead atoms. The van der Waals surface area contributed by atoms with E-state index in [9.17, 15) is 9.90 Å². The van der Waals surface area contributed by atoms with E-state index in [1.165, 1.54) is 0 Å². The lowest BCUT2D eigenvalue weighted by Gasteiger charge is -2.44. The summed E-state index contributed by atoms with van der Waals surface area (Å²) in [4.78, 5) is 18.1. The average molecular weight is 248 g/mol. The number of aromatic nitrogens is 1. The van der Waals surface area contributed by atoms with Crippen LogP contribution >= 0.6 is 0 Å². The normalized spacial score (nSPS) is 22.8. The second-order valence-corrected chi connectivity index (χ2v) is 5.55. The van der Waals surface area contributed by atoms with Gasteiger partial charge in [0.15, 0.2) is 0 Å². The van der Waals surface area contributed by atoms with Crippen molar-refractivity contribution in [1.29, 1.82) is 0 Å². The SMILES string of the molecule is CC1(C)CCC(O)CN1C(=O)Cc1cccnc1. The summed E-state index contributed by atoms with van der Waals surface area (Å²) in [5, 5.41) is 9.72. The Kier molecular flexibility index (Phi) is 3.66. The first-order chi connectivity index (χ1) is 8.49. The number of amides is 1. The summed E-state index contributed by atoms with van der Waals surface area (Å²) in [6.45, 7) is 4.55. The minimum absolute atomic E-state index is 0.0618. The Bertz CT molecular complexity index is 417. The highest BCUT2D eigenvalue weighted by molar-refractivity contribution is 5.79. The largest absolute Gasteiger partial charge is 0.391 e. The van der Waals surface area contributed by atoms with Crippen LogP contribution in [-0.4, -0.2) is 39.1 Å². The monoisotopic (exact) mass is 248 g/mol. The number of hydrogen-bond donors (Lipinski definition) is 1. The van der Waals surface area contributed by atoms with Gasteiger partial charge in [-0.2, -0.15) is 0 Å². The standard InChI is InChI=1S/C14H20N2O2/c1-14(2)6-5-12(17)10-16(14)13(18)8-11-4-3-7-15-9-11/h3-4,7,9,12,17H,5-6,8,10H2,1-2H3. The molecule has 1 aromatic rings. The van der Waals surface area contributed by atoms with Crippen LogP contribution in [0.1, 0.15) is 32.3 Å². The van der Waals surface area contributed by atoms with E-state index in [0.29, 0.717) is 13.0 Å². The molecule has 0 saturated carbocycles. The van der Waals surface area contributed by atoms with Crippen molar-refractivity contribution in [3.05, 3.63) is 30.1 Å². The first-order valence-electron chi connectivity index (χ1n) is 6.36. The summed E-state index contributed by atoms with van der Waals surface area (Å²) < 4.78 is 0. The van der Waals surface area contributed by atoms with Gasteiger partial charge in [0, 0.05) is 24.5 Å². The first kappa shape index (κ1) is 13.0. The van der Waals surface area contributed by atoms with Crippen molar-refractivity contribution in [2.24, 2.45) is 0 Å². The van der Waals surface area contributed by atoms with Gasteiger partial charge in [-0.25, -0.2) is 0 Å². The molecule has 2 heterocycles. The smallest absolute Gasteiger partial charge is 0.227 e. The molecule has 1 aliphatic heterocycles. The molecule has 98 valence electrons. The van der Waals surface area contributed by atoms with E-state index >= 15 is 0 Å². The van der Waals surface area contributed by atoms with Crippen LogP contribution in [-0.2, 0) is 11.2 Å². The number of pyridine rings is 1. The van der Waals surface area contributed by atoms with E-state index in [1.807, 2.05) is 12.1 Å². The van der Waals surface area contributed by atoms with Crippen LogP contribution in [0.15, 0.2) is 24.5 Å². The van der Waals surface area contributed by atoms with Crippen molar-refractivity contribution in [3.63, 3.8) is 0 Å². The van der Waals surface area contributed by atoms with Crippen LogP contribution in [0.4, 0.5) is 0 Å². The Labute approximate surface area is 108 Å². The third-order valence-corrected chi connectivity index (χ3v) is 3.59. The molecule has 4 nitrogen and oxygen atoms in total. The van der Waals surface area contributed by atoms with Crippen molar-refractivity contribution in [1.82, 2.24) is 9.88 Å². The number of likely N-dealkylation sites (tertiary alicyclic amines) is 1. The molecular weight excluding hydrogens is 228 g/mol. The van der Waals surface area contributed by atoms with Crippen molar-refractivity contribution < 1.29 is 9.90 Å². The molecule has 1 aliphatic rings. The highest BCUT2D eigenvalue weighted by atomic mass is 16.3. The third kappa shape index (κ3) is 2.88. The Morgan fingerprint density at radius 3 is 3.06 bits per heavy atom. The molecule has 1 unspecified atom stereocenters. The quantitative estimate of drug-likeness (QED) is 0.860. The van der Waals surface area contributed by atoms with Crippen LogP contribution in [0.2, 0.25) is 0 Å². The van der Waals surface area contributed by atoms with Crippen LogP contribution in [0.25, 0.3) is 0 Å². The molecule has 1 aromatic heterocycles. The second kappa shape index (κ2) is 5.06. The lowest BCUT2D eigenvalue weighted by atomic mass is 9.88. The molecule has 1 fully saturated rings. The van der Waals surface area contributed by atoms with Gasteiger partial charge in [-0.1, -0.05) is 6.07 Å². The number of hydrogen-bond acceptors (Lipinski definition) is 3. The molecular formula is C14H20N2O2. The zero-order valence-corrected chi connectivity index (χ0v) is 11.0. The molecule has 1 amide bonds. The second-order valence-electron chi connectivity index (χ2n) is 5.55. The lowest BCUT2D eigenvalue weighted by Crippen LogP contribution is -2.55. The number of β-amino-alcohol motifs (C(OH)–C–C–N with tert-alkyl or cyclic N) is 1. The minimum Gasteiger partial charge on any atom is -0.391 e. The molecule has 2 rings (SSSR count). The van der Waals surface area contributed by atoms with Gasteiger partial charge in [0.05, 0.1) is 12.5 Å². The van der Waals surface area contributed by atoms with Gasteiger partial charge in [0.2, 0.25) is 5.91 Å². The fourth-order valence-corrected chi connectivity index (χ4v) is 2.42. The maximum absolute atomic E-state index is 12.3. The molecule has 1 saturated heterocycles. The van der Waals surface area contributed by atoms with Crippen molar-refractivity contribution in [3.8, 4) is 0 Å². The Morgan fingerprint density at radius 1 is 1.61 bits per heavy atom. The van der Waals surface area contributed by atoms with E-state index in [1.54, 1.807) is 17.3 Å². The van der Waals surface area contributed by atoms with Gasteiger partial charge in [-0.3, -0.25) is 9.78 Å². The van der Waals surface area contributed by atoms with Crippen LogP contribution in [0, 0.1) is 0 Å². The Balaban J connectivity index is 2.07. The van der Waals surface area contributed by atoms with Gasteiger partial charge in [-0.15, -0.1) is 0 Å². The van der Waals surface area contributed by atoms with Crippen molar-refractivity contribution in [2.45, 2.75) is 44.8 Å². The Hall–Kier alpha value is -1.42.